The average molecular weight is 522 g/mol. The molecule has 0 aliphatic carbocycles. The molecule has 0 bridgehead atoms. The van der Waals surface area contributed by atoms with Gasteiger partial charge in [0.1, 0.15) is 22.4 Å². The molecule has 2 N–H and O–H groups in total. The van der Waals surface area contributed by atoms with Gasteiger partial charge >= 0.3 is 0 Å². The van der Waals surface area contributed by atoms with Gasteiger partial charge < -0.3 is 10.6 Å². The Kier molecular flexibility index (Phi) is 5.58. The summed E-state index contributed by atoms with van der Waals surface area (Å²) in [6.45, 7) is 1.74. The smallest absolute Gasteiger partial charge is 0.239 e. The molecule has 3 aromatic carbocycles. The van der Waals surface area contributed by atoms with Crippen LogP contribution in [0.15, 0.2) is 54.6 Å². The molecule has 9 heteroatoms. The molecule has 0 aromatic heterocycles. The van der Waals surface area contributed by atoms with Gasteiger partial charge in [0, 0.05) is 16.6 Å². The molecule has 4 nitrogen and oxygen atoms in total. The fraction of sp³-hybridized carbons (Fsp3) is 0.200. The average Bonchev–Trinajstić information content (AvgIpc) is 3.04. The van der Waals surface area contributed by atoms with Crippen LogP contribution in [-0.4, -0.2) is 17.2 Å². The molecule has 2 aliphatic rings. The molecule has 4 atom stereocenters. The van der Waals surface area contributed by atoms with E-state index in [0.717, 1.165) is 0 Å². The monoisotopic (exact) mass is 520 g/mol. The molecular weight excluding hydrogens is 505 g/mol. The van der Waals surface area contributed by atoms with Crippen molar-refractivity contribution in [3.05, 3.63) is 98.5 Å². The number of piperidine rings is 1. The van der Waals surface area contributed by atoms with Crippen molar-refractivity contribution in [2.24, 2.45) is 0 Å². The Morgan fingerprint density at radius 2 is 1.76 bits per heavy atom. The summed E-state index contributed by atoms with van der Waals surface area (Å²) in [6.07, 6.45) is 0. The van der Waals surface area contributed by atoms with E-state index in [4.69, 9.17) is 34.8 Å². The summed E-state index contributed by atoms with van der Waals surface area (Å²) in [4.78, 5) is 27.0. The van der Waals surface area contributed by atoms with Gasteiger partial charge in [0.25, 0.3) is 0 Å². The summed E-state index contributed by atoms with van der Waals surface area (Å²) in [5.41, 5.74) is 0.470. The number of hydrogen-bond donors (Lipinski definition) is 2. The molecule has 0 unspecified atom stereocenters. The number of aryl methyl sites for hydroxylation is 1. The van der Waals surface area contributed by atoms with Crippen molar-refractivity contribution in [1.29, 1.82) is 0 Å². The summed E-state index contributed by atoms with van der Waals surface area (Å²) < 4.78 is 29.2. The maximum atomic E-state index is 14.8. The predicted octanol–water partition coefficient (Wildman–Crippen LogP) is 6.03. The van der Waals surface area contributed by atoms with Gasteiger partial charge in [-0.3, -0.25) is 9.59 Å². The van der Waals surface area contributed by atoms with Crippen molar-refractivity contribution >= 4 is 52.3 Å². The SMILES string of the molecule is Cc1ccc(F)cc1[C@H]1NC(=O)[C@@H](Cl)[C@@H](c2cccc(Cl)c2)[C@]12C(=O)Nc1cc(Cl)c(F)cc12. The molecule has 2 amide bonds. The van der Waals surface area contributed by atoms with Gasteiger partial charge in [-0.25, -0.2) is 8.78 Å². The number of alkyl halides is 1. The lowest BCUT2D eigenvalue weighted by molar-refractivity contribution is -0.131. The van der Waals surface area contributed by atoms with Gasteiger partial charge in [0.2, 0.25) is 11.8 Å². The fourth-order valence-corrected chi connectivity index (χ4v) is 5.98. The van der Waals surface area contributed by atoms with E-state index >= 15 is 0 Å². The number of anilines is 1. The molecule has 0 saturated carbocycles. The van der Waals surface area contributed by atoms with Crippen LogP contribution >= 0.6 is 34.8 Å². The van der Waals surface area contributed by atoms with E-state index in [1.807, 2.05) is 0 Å². The molecule has 2 heterocycles. The van der Waals surface area contributed by atoms with E-state index < -0.39 is 46.2 Å². The highest BCUT2D eigenvalue weighted by Gasteiger charge is 2.64. The third-order valence-corrected chi connectivity index (χ3v) is 7.64. The van der Waals surface area contributed by atoms with Gasteiger partial charge in [-0.05, 0) is 65.6 Å². The zero-order chi connectivity index (χ0) is 24.4. The van der Waals surface area contributed by atoms with Crippen LogP contribution in [0.1, 0.15) is 34.2 Å². The summed E-state index contributed by atoms with van der Waals surface area (Å²) >= 11 is 18.9. The van der Waals surface area contributed by atoms with Gasteiger partial charge in [0.05, 0.1) is 11.1 Å². The summed E-state index contributed by atoms with van der Waals surface area (Å²) in [6, 6.07) is 12.2. The lowest BCUT2D eigenvalue weighted by Gasteiger charge is -2.48. The molecule has 5 rings (SSSR count). The largest absolute Gasteiger partial charge is 0.347 e. The summed E-state index contributed by atoms with van der Waals surface area (Å²) in [5, 5.41) is 4.60. The molecule has 0 radical (unpaired) electrons. The van der Waals surface area contributed by atoms with Crippen LogP contribution in [0.25, 0.3) is 0 Å². The predicted molar refractivity (Wildman–Crippen MR) is 128 cm³/mol. The number of benzene rings is 3. The molecule has 1 fully saturated rings. The highest BCUT2D eigenvalue weighted by Crippen LogP contribution is 2.59. The molecule has 3 aromatic rings. The van der Waals surface area contributed by atoms with Crippen LogP contribution in [0.3, 0.4) is 0 Å². The first kappa shape index (κ1) is 23.1. The van der Waals surface area contributed by atoms with Gasteiger partial charge in [-0.1, -0.05) is 41.4 Å². The molecule has 1 spiro atoms. The van der Waals surface area contributed by atoms with Crippen molar-refractivity contribution in [3.63, 3.8) is 0 Å². The third kappa shape index (κ3) is 3.31. The van der Waals surface area contributed by atoms with Crippen LogP contribution in [0, 0.1) is 18.6 Å². The lowest BCUT2D eigenvalue weighted by Crippen LogP contribution is -2.61. The minimum Gasteiger partial charge on any atom is -0.347 e. The highest BCUT2D eigenvalue weighted by molar-refractivity contribution is 6.33. The summed E-state index contributed by atoms with van der Waals surface area (Å²) in [5.74, 6) is -3.30. The van der Waals surface area contributed by atoms with Crippen LogP contribution in [0.4, 0.5) is 14.5 Å². The summed E-state index contributed by atoms with van der Waals surface area (Å²) in [7, 11) is 0. The fourth-order valence-electron chi connectivity index (χ4n) is 5.21. The normalized spacial score (nSPS) is 25.8. The Bertz CT molecular complexity index is 1370. The number of fused-ring (bicyclic) bond motifs is 2. The number of nitrogens with one attached hydrogen (secondary N) is 2. The number of hydrogen-bond acceptors (Lipinski definition) is 2. The van der Waals surface area contributed by atoms with E-state index in [-0.39, 0.29) is 10.6 Å². The van der Waals surface area contributed by atoms with Crippen LogP contribution in [0.5, 0.6) is 0 Å². The molecule has 34 heavy (non-hydrogen) atoms. The van der Waals surface area contributed by atoms with Crippen molar-refractivity contribution < 1.29 is 18.4 Å². The second kappa shape index (κ2) is 8.22. The van der Waals surface area contributed by atoms with Crippen molar-refractivity contribution in [3.8, 4) is 0 Å². The van der Waals surface area contributed by atoms with E-state index in [1.54, 1.807) is 37.3 Å². The Morgan fingerprint density at radius 3 is 2.50 bits per heavy atom. The second-order valence-electron chi connectivity index (χ2n) is 8.51. The molecule has 2 aliphatic heterocycles. The number of rotatable bonds is 2. The standard InChI is InChI=1S/C25H17Cl3F2N2O2/c1-11-5-6-14(29)8-15(11)22-25(16-9-18(30)17(27)10-19(16)31-24(25)34)20(21(28)23(33)32-22)12-3-2-4-13(26)7-12/h2-10,20-22H,1H3,(H,31,34)(H,32,33)/t20-,21+,22-,25+/m1/s1. The lowest BCUT2D eigenvalue weighted by atomic mass is 9.58. The van der Waals surface area contributed by atoms with E-state index in [0.29, 0.717) is 27.4 Å². The first-order valence-electron chi connectivity index (χ1n) is 10.4. The van der Waals surface area contributed by atoms with E-state index in [1.165, 1.54) is 24.3 Å². The van der Waals surface area contributed by atoms with Crippen molar-refractivity contribution in [1.82, 2.24) is 5.32 Å². The van der Waals surface area contributed by atoms with Gasteiger partial charge in [-0.2, -0.15) is 0 Å². The quantitative estimate of drug-likeness (QED) is 0.405. The zero-order valence-corrected chi connectivity index (χ0v) is 19.9. The second-order valence-corrected chi connectivity index (χ2v) is 9.83. The minimum atomic E-state index is -1.62. The third-order valence-electron chi connectivity index (χ3n) is 6.67. The molecule has 1 saturated heterocycles. The number of carbonyl (C=O) groups is 2. The highest BCUT2D eigenvalue weighted by atomic mass is 35.5. The maximum absolute atomic E-state index is 14.8. The number of amides is 2. The van der Waals surface area contributed by atoms with Gasteiger partial charge in [0.15, 0.2) is 0 Å². The van der Waals surface area contributed by atoms with Crippen LogP contribution in [0.2, 0.25) is 10.0 Å². The Hall–Kier alpha value is -2.67. The first-order chi connectivity index (χ1) is 16.1. The van der Waals surface area contributed by atoms with Crippen LogP contribution < -0.4 is 10.6 Å². The van der Waals surface area contributed by atoms with Gasteiger partial charge in [-0.15, -0.1) is 11.6 Å². The minimum absolute atomic E-state index is 0.170. The van der Waals surface area contributed by atoms with E-state index in [9.17, 15) is 18.4 Å². The Morgan fingerprint density at radius 1 is 1.00 bits per heavy atom. The van der Waals surface area contributed by atoms with Crippen LogP contribution in [-0.2, 0) is 15.0 Å². The Labute approximate surface area is 209 Å². The van der Waals surface area contributed by atoms with Crippen molar-refractivity contribution in [2.75, 3.05) is 5.32 Å². The van der Waals surface area contributed by atoms with Crippen molar-refractivity contribution in [2.45, 2.75) is 29.7 Å². The number of halogens is 5. The maximum Gasteiger partial charge on any atom is 0.239 e. The first-order valence-corrected chi connectivity index (χ1v) is 11.6. The number of carbonyl (C=O) groups excluding carboxylic acids is 2. The topological polar surface area (TPSA) is 58.2 Å². The Balaban J connectivity index is 1.89. The molecule has 174 valence electrons. The van der Waals surface area contributed by atoms with E-state index in [2.05, 4.69) is 10.6 Å². The molecular formula is C25H17Cl3F2N2O2. The zero-order valence-electron chi connectivity index (χ0n) is 17.6.